The van der Waals surface area contributed by atoms with Crippen LogP contribution in [0.5, 0.6) is 0 Å². The number of rotatable bonds is 3. The number of pyridine rings is 1. The minimum absolute atomic E-state index is 0.00588. The summed E-state index contributed by atoms with van der Waals surface area (Å²) in [5.74, 6) is -0.659. The van der Waals surface area contributed by atoms with Crippen molar-refractivity contribution in [2.75, 3.05) is 0 Å². The minimum atomic E-state index is -0.772. The summed E-state index contributed by atoms with van der Waals surface area (Å²) in [6, 6.07) is 6.64. The lowest BCUT2D eigenvalue weighted by Crippen LogP contribution is -2.22. The molecule has 0 spiro atoms. The molecular weight excluding hydrogens is 345 g/mol. The molecule has 21 heavy (non-hydrogen) atoms. The molecule has 1 heterocycles. The molecule has 0 aliphatic rings. The highest BCUT2D eigenvalue weighted by Crippen LogP contribution is 2.16. The Labute approximate surface area is 126 Å². The van der Waals surface area contributed by atoms with Gasteiger partial charge in [-0.05, 0) is 33.6 Å². The molecule has 0 saturated carbocycles. The van der Waals surface area contributed by atoms with E-state index in [1.807, 2.05) is 0 Å². The number of nitrogens with zero attached hydrogens (tertiary/aromatic N) is 3. The van der Waals surface area contributed by atoms with Crippen molar-refractivity contribution in [2.45, 2.75) is 6.54 Å². The van der Waals surface area contributed by atoms with Crippen LogP contribution in [0.15, 0.2) is 39.7 Å². The lowest BCUT2D eigenvalue weighted by Gasteiger charge is -2.07. The molecule has 2 aromatic rings. The van der Waals surface area contributed by atoms with Crippen molar-refractivity contribution < 1.29 is 9.31 Å². The second-order valence-corrected chi connectivity index (χ2v) is 5.08. The Bertz CT molecular complexity index is 826. The van der Waals surface area contributed by atoms with Gasteiger partial charge in [0.25, 0.3) is 0 Å². The number of nitriles is 1. The van der Waals surface area contributed by atoms with Crippen LogP contribution in [0.4, 0.5) is 10.1 Å². The van der Waals surface area contributed by atoms with E-state index in [1.165, 1.54) is 18.3 Å². The largest absolute Gasteiger partial charge is 0.335 e. The second-order valence-electron chi connectivity index (χ2n) is 4.16. The average Bonchev–Trinajstić information content (AvgIpc) is 2.44. The third-order valence-corrected chi connectivity index (χ3v) is 3.17. The van der Waals surface area contributed by atoms with Gasteiger partial charge in [-0.3, -0.25) is 14.9 Å². The van der Waals surface area contributed by atoms with E-state index in [1.54, 1.807) is 6.07 Å². The predicted molar refractivity (Wildman–Crippen MR) is 75.3 cm³/mol. The standard InChI is InChI=1S/C13H7BrFN3O3/c14-10-4-12(18(20)21)13(19)17(7-10)6-8-1-2-11(15)9(3-8)5-16/h1-4,7H,6H2. The molecule has 1 aromatic heterocycles. The van der Waals surface area contributed by atoms with E-state index in [0.29, 0.717) is 10.0 Å². The molecule has 1 aromatic carbocycles. The summed E-state index contributed by atoms with van der Waals surface area (Å²) < 4.78 is 14.7. The first-order chi connectivity index (χ1) is 9.92. The first-order valence-electron chi connectivity index (χ1n) is 5.65. The molecule has 8 heteroatoms. The number of hydrogen-bond donors (Lipinski definition) is 0. The number of aromatic nitrogens is 1. The van der Waals surface area contributed by atoms with Gasteiger partial charge in [0.2, 0.25) is 0 Å². The first kappa shape index (κ1) is 14.9. The number of benzene rings is 1. The quantitative estimate of drug-likeness (QED) is 0.627. The van der Waals surface area contributed by atoms with E-state index in [4.69, 9.17) is 5.26 Å². The Kier molecular flexibility index (Phi) is 4.14. The summed E-state index contributed by atoms with van der Waals surface area (Å²) in [5.41, 5.74) is -0.995. The summed E-state index contributed by atoms with van der Waals surface area (Å²) in [6.07, 6.45) is 1.39. The SMILES string of the molecule is N#Cc1cc(Cn2cc(Br)cc([N+](=O)[O-])c2=O)ccc1F. The van der Waals surface area contributed by atoms with Crippen LogP contribution in [-0.2, 0) is 6.54 Å². The van der Waals surface area contributed by atoms with Crippen LogP contribution >= 0.6 is 15.9 Å². The van der Waals surface area contributed by atoms with Crippen LogP contribution < -0.4 is 5.56 Å². The molecule has 0 radical (unpaired) electrons. The molecule has 2 rings (SSSR count). The van der Waals surface area contributed by atoms with Crippen LogP contribution in [0.1, 0.15) is 11.1 Å². The van der Waals surface area contributed by atoms with E-state index in [2.05, 4.69) is 15.9 Å². The molecule has 106 valence electrons. The highest BCUT2D eigenvalue weighted by atomic mass is 79.9. The fraction of sp³-hybridized carbons (Fsp3) is 0.0769. The van der Waals surface area contributed by atoms with Crippen LogP contribution in [0.25, 0.3) is 0 Å². The third-order valence-electron chi connectivity index (χ3n) is 2.73. The van der Waals surface area contributed by atoms with Gasteiger partial charge in [0.1, 0.15) is 11.9 Å². The topological polar surface area (TPSA) is 88.9 Å². The maximum Gasteiger partial charge on any atom is 0.335 e. The van der Waals surface area contributed by atoms with E-state index in [0.717, 1.165) is 16.7 Å². The summed E-state index contributed by atoms with van der Waals surface area (Å²) >= 11 is 3.09. The van der Waals surface area contributed by atoms with Crippen LogP contribution in [0.3, 0.4) is 0 Å². The highest BCUT2D eigenvalue weighted by Gasteiger charge is 2.16. The Morgan fingerprint density at radius 3 is 2.76 bits per heavy atom. The molecule has 6 nitrogen and oxygen atoms in total. The van der Waals surface area contributed by atoms with Crippen molar-refractivity contribution in [3.63, 3.8) is 0 Å². The lowest BCUT2D eigenvalue weighted by atomic mass is 10.1. The van der Waals surface area contributed by atoms with Gasteiger partial charge in [-0.15, -0.1) is 0 Å². The minimum Gasteiger partial charge on any atom is -0.304 e. The zero-order valence-electron chi connectivity index (χ0n) is 10.4. The number of halogens is 2. The summed E-state index contributed by atoms with van der Waals surface area (Å²) in [5, 5.41) is 19.6. The molecule has 0 saturated heterocycles. The van der Waals surface area contributed by atoms with Crippen molar-refractivity contribution in [3.05, 3.63) is 72.3 Å². The predicted octanol–water partition coefficient (Wildman–Crippen LogP) is 2.58. The van der Waals surface area contributed by atoms with Gasteiger partial charge in [-0.25, -0.2) is 4.39 Å². The average molecular weight is 352 g/mol. The highest BCUT2D eigenvalue weighted by molar-refractivity contribution is 9.10. The summed E-state index contributed by atoms with van der Waals surface area (Å²) in [6.45, 7) is -0.00588. The van der Waals surface area contributed by atoms with Crippen molar-refractivity contribution >= 4 is 21.6 Å². The van der Waals surface area contributed by atoms with Gasteiger partial charge < -0.3 is 4.57 Å². The van der Waals surface area contributed by atoms with Gasteiger partial charge in [0, 0.05) is 16.7 Å². The third kappa shape index (κ3) is 3.14. The molecule has 0 amide bonds. The Hall–Kier alpha value is -2.53. The Morgan fingerprint density at radius 2 is 2.14 bits per heavy atom. The summed E-state index contributed by atoms with van der Waals surface area (Å²) in [7, 11) is 0. The molecule has 0 N–H and O–H groups in total. The van der Waals surface area contributed by atoms with E-state index in [-0.39, 0.29) is 12.1 Å². The van der Waals surface area contributed by atoms with Crippen LogP contribution in [0.2, 0.25) is 0 Å². The fourth-order valence-electron chi connectivity index (χ4n) is 1.79. The van der Waals surface area contributed by atoms with Gasteiger partial charge in [0.15, 0.2) is 0 Å². The molecular formula is C13H7BrFN3O3. The fourth-order valence-corrected chi connectivity index (χ4v) is 2.25. The Balaban J connectivity index is 2.48. The molecule has 0 unspecified atom stereocenters. The van der Waals surface area contributed by atoms with Gasteiger partial charge in [-0.2, -0.15) is 5.26 Å². The van der Waals surface area contributed by atoms with Crippen LogP contribution in [0, 0.1) is 27.3 Å². The van der Waals surface area contributed by atoms with Crippen molar-refractivity contribution in [1.29, 1.82) is 5.26 Å². The van der Waals surface area contributed by atoms with Crippen molar-refractivity contribution in [3.8, 4) is 6.07 Å². The Morgan fingerprint density at radius 1 is 1.43 bits per heavy atom. The van der Waals surface area contributed by atoms with Gasteiger partial charge in [-0.1, -0.05) is 6.07 Å². The van der Waals surface area contributed by atoms with E-state index < -0.39 is 22.0 Å². The zero-order valence-corrected chi connectivity index (χ0v) is 12.0. The van der Waals surface area contributed by atoms with Crippen LogP contribution in [-0.4, -0.2) is 9.49 Å². The zero-order chi connectivity index (χ0) is 15.6. The maximum absolute atomic E-state index is 13.2. The molecule has 0 atom stereocenters. The lowest BCUT2D eigenvalue weighted by molar-refractivity contribution is -0.386. The molecule has 0 aliphatic carbocycles. The summed E-state index contributed by atoms with van der Waals surface area (Å²) in [4.78, 5) is 22.0. The normalized spacial score (nSPS) is 10.1. The molecule has 0 aliphatic heterocycles. The number of hydrogen-bond acceptors (Lipinski definition) is 4. The van der Waals surface area contributed by atoms with Gasteiger partial charge >= 0.3 is 11.2 Å². The van der Waals surface area contributed by atoms with E-state index >= 15 is 0 Å². The van der Waals surface area contributed by atoms with Crippen molar-refractivity contribution in [1.82, 2.24) is 4.57 Å². The molecule has 0 bridgehead atoms. The smallest absolute Gasteiger partial charge is 0.304 e. The maximum atomic E-state index is 13.2. The molecule has 0 fully saturated rings. The number of nitro groups is 1. The monoisotopic (exact) mass is 351 g/mol. The van der Waals surface area contributed by atoms with Crippen molar-refractivity contribution in [2.24, 2.45) is 0 Å². The van der Waals surface area contributed by atoms with E-state index in [9.17, 15) is 19.3 Å². The second kappa shape index (κ2) is 5.85. The first-order valence-corrected chi connectivity index (χ1v) is 6.44. The van der Waals surface area contributed by atoms with Gasteiger partial charge in [0.05, 0.1) is 17.0 Å².